The Bertz CT molecular complexity index is 1290. The zero-order chi connectivity index (χ0) is 23.2. The van der Waals surface area contributed by atoms with E-state index >= 15 is 0 Å². The molecule has 0 radical (unpaired) electrons. The number of halogens is 2. The summed E-state index contributed by atoms with van der Waals surface area (Å²) in [6, 6.07) is 6.92. The fourth-order valence-corrected chi connectivity index (χ4v) is 8.65. The Morgan fingerprint density at radius 2 is 1.85 bits per heavy atom. The molecule has 3 aromatic rings. The molecule has 176 valence electrons. The number of rotatable bonds is 4. The van der Waals surface area contributed by atoms with Crippen LogP contribution >= 0.6 is 34.3 Å². The second-order valence-corrected chi connectivity index (χ2v) is 12.9. The predicted molar refractivity (Wildman–Crippen MR) is 129 cm³/mol. The van der Waals surface area contributed by atoms with E-state index in [-0.39, 0.29) is 15.9 Å². The highest BCUT2D eigenvalue weighted by atomic mass is 35.5. The number of sulfonamides is 1. The number of carbonyl (C=O) groups excluding carboxylic acids is 1. The first-order valence-electron chi connectivity index (χ1n) is 10.7. The molecular weight excluding hydrogens is 507 g/mol. The molecule has 0 aliphatic carbocycles. The van der Waals surface area contributed by atoms with Crippen molar-refractivity contribution in [2.24, 2.45) is 0 Å². The molecule has 7 nitrogen and oxygen atoms in total. The summed E-state index contributed by atoms with van der Waals surface area (Å²) >= 11 is 8.40. The Hall–Kier alpha value is -1.79. The van der Waals surface area contributed by atoms with Gasteiger partial charge in [0.1, 0.15) is 16.1 Å². The Kier molecular flexibility index (Phi) is 6.34. The molecule has 0 N–H and O–H groups in total. The fourth-order valence-electron chi connectivity index (χ4n) is 4.34. The van der Waals surface area contributed by atoms with Gasteiger partial charge in [0.05, 0.1) is 14.6 Å². The van der Waals surface area contributed by atoms with Gasteiger partial charge in [0, 0.05) is 32.7 Å². The summed E-state index contributed by atoms with van der Waals surface area (Å²) in [4.78, 5) is 21.8. The van der Waals surface area contributed by atoms with Crippen molar-refractivity contribution < 1.29 is 17.6 Å². The predicted octanol–water partition coefficient (Wildman–Crippen LogP) is 4.04. The largest absolute Gasteiger partial charge is 0.345 e. The second-order valence-electron chi connectivity index (χ2n) is 8.11. The van der Waals surface area contributed by atoms with Crippen molar-refractivity contribution in [1.29, 1.82) is 0 Å². The normalized spacial score (nSPS) is 20.5. The summed E-state index contributed by atoms with van der Waals surface area (Å²) in [5.74, 6) is -0.433. The van der Waals surface area contributed by atoms with Gasteiger partial charge in [-0.1, -0.05) is 29.4 Å². The molecule has 33 heavy (non-hydrogen) atoms. The summed E-state index contributed by atoms with van der Waals surface area (Å²) in [7, 11) is -3.78. The number of carbonyl (C=O) groups is 1. The average molecular weight is 529 g/mol. The van der Waals surface area contributed by atoms with Crippen LogP contribution in [-0.2, 0) is 14.8 Å². The molecule has 4 heterocycles. The summed E-state index contributed by atoms with van der Waals surface area (Å²) in [6.45, 7) is 2.48. The summed E-state index contributed by atoms with van der Waals surface area (Å²) in [5, 5.41) is 0.805. The molecule has 12 heteroatoms. The molecule has 2 fully saturated rings. The van der Waals surface area contributed by atoms with Crippen molar-refractivity contribution in [1.82, 2.24) is 14.2 Å². The Labute approximate surface area is 204 Å². The lowest BCUT2D eigenvalue weighted by Gasteiger charge is -2.40. The quantitative estimate of drug-likeness (QED) is 0.511. The van der Waals surface area contributed by atoms with Gasteiger partial charge in [-0.3, -0.25) is 4.79 Å². The number of aromatic nitrogens is 1. The maximum absolute atomic E-state index is 13.5. The Morgan fingerprint density at radius 1 is 1.06 bits per heavy atom. The van der Waals surface area contributed by atoms with Gasteiger partial charge >= 0.3 is 0 Å². The van der Waals surface area contributed by atoms with E-state index in [1.165, 1.54) is 33.8 Å². The summed E-state index contributed by atoms with van der Waals surface area (Å²) in [5.41, 5.74) is 0.756. The molecule has 0 saturated carbocycles. The lowest BCUT2D eigenvalue weighted by molar-refractivity contribution is -0.136. The van der Waals surface area contributed by atoms with E-state index in [0.29, 0.717) is 43.5 Å². The number of hydrogen-bond donors (Lipinski definition) is 0. The van der Waals surface area contributed by atoms with E-state index in [1.807, 2.05) is 0 Å². The van der Waals surface area contributed by atoms with Crippen molar-refractivity contribution in [3.05, 3.63) is 40.5 Å². The molecule has 0 spiro atoms. The maximum Gasteiger partial charge on any atom is 0.253 e. The highest BCUT2D eigenvalue weighted by molar-refractivity contribution is 7.91. The Morgan fingerprint density at radius 3 is 2.58 bits per heavy atom. The van der Waals surface area contributed by atoms with Crippen LogP contribution in [0, 0.1) is 5.82 Å². The third-order valence-electron chi connectivity index (χ3n) is 6.05. The van der Waals surface area contributed by atoms with E-state index in [9.17, 15) is 17.6 Å². The van der Waals surface area contributed by atoms with Crippen molar-refractivity contribution in [2.75, 3.05) is 37.6 Å². The number of benzene rings is 1. The minimum Gasteiger partial charge on any atom is -0.345 e. The smallest absolute Gasteiger partial charge is 0.253 e. The lowest BCUT2D eigenvalue weighted by atomic mass is 10.0. The van der Waals surface area contributed by atoms with Crippen LogP contribution in [-0.4, -0.2) is 67.3 Å². The average Bonchev–Trinajstić information content (AvgIpc) is 3.45. The highest BCUT2D eigenvalue weighted by Crippen LogP contribution is 2.33. The number of fused-ring (bicyclic) bond motifs is 1. The van der Waals surface area contributed by atoms with Crippen LogP contribution in [0.2, 0.25) is 4.34 Å². The van der Waals surface area contributed by atoms with Crippen molar-refractivity contribution in [3.63, 3.8) is 0 Å². The molecule has 1 atom stereocenters. The van der Waals surface area contributed by atoms with Gasteiger partial charge in [0.25, 0.3) is 10.0 Å². The van der Waals surface area contributed by atoms with Gasteiger partial charge in [0.15, 0.2) is 5.13 Å². The maximum atomic E-state index is 13.5. The summed E-state index contributed by atoms with van der Waals surface area (Å²) < 4.78 is 42.6. The van der Waals surface area contributed by atoms with Gasteiger partial charge in [0.2, 0.25) is 5.91 Å². The SMILES string of the molecule is O=C(C1CCCCN1S(=O)(=O)c1ccc(Cl)s1)N1CCN(c2nc3ccc(F)cc3s2)CC1. The highest BCUT2D eigenvalue weighted by Gasteiger charge is 2.40. The molecule has 1 unspecified atom stereocenters. The van der Waals surface area contributed by atoms with E-state index in [1.54, 1.807) is 17.0 Å². The van der Waals surface area contributed by atoms with Crippen molar-refractivity contribution in [3.8, 4) is 0 Å². The number of nitrogens with zero attached hydrogens (tertiary/aromatic N) is 4. The molecule has 1 aromatic carbocycles. The van der Waals surface area contributed by atoms with Crippen molar-refractivity contribution in [2.45, 2.75) is 29.5 Å². The molecule has 0 bridgehead atoms. The number of piperidine rings is 1. The third-order valence-corrected chi connectivity index (χ3v) is 10.7. The zero-order valence-electron chi connectivity index (χ0n) is 17.6. The van der Waals surface area contributed by atoms with Gasteiger partial charge in [-0.25, -0.2) is 17.8 Å². The number of thiophene rings is 1. The van der Waals surface area contributed by atoms with Crippen LogP contribution in [0.3, 0.4) is 0 Å². The first-order chi connectivity index (χ1) is 15.8. The standard InChI is InChI=1S/C21H22ClFN4O3S3/c22-18-6-7-19(32-18)33(29,30)27-8-2-1-3-16(27)20(28)25-9-11-26(12-10-25)21-24-15-5-4-14(23)13-17(15)31-21/h4-7,13,16H,1-3,8-12H2. The summed E-state index contributed by atoms with van der Waals surface area (Å²) in [6.07, 6.45) is 2.06. The molecule has 5 rings (SSSR count). The topological polar surface area (TPSA) is 73.8 Å². The lowest BCUT2D eigenvalue weighted by Crippen LogP contribution is -2.57. The number of thiazole rings is 1. The minimum absolute atomic E-state index is 0.146. The van der Waals surface area contributed by atoms with Gasteiger partial charge in [-0.15, -0.1) is 11.3 Å². The van der Waals surface area contributed by atoms with Crippen molar-refractivity contribution >= 4 is 65.6 Å². The second kappa shape index (κ2) is 9.10. The van der Waals surface area contributed by atoms with E-state index in [0.717, 1.165) is 39.5 Å². The Balaban J connectivity index is 1.29. The first-order valence-corrected chi connectivity index (χ1v) is 14.1. The van der Waals surface area contributed by atoms with Crippen LogP contribution in [0.1, 0.15) is 19.3 Å². The number of amides is 1. The van der Waals surface area contributed by atoms with Gasteiger partial charge in [-0.2, -0.15) is 4.31 Å². The van der Waals surface area contributed by atoms with Gasteiger partial charge in [-0.05, 0) is 43.2 Å². The molecule has 2 aromatic heterocycles. The molecule has 2 saturated heterocycles. The van der Waals surface area contributed by atoms with E-state index in [2.05, 4.69) is 9.88 Å². The van der Waals surface area contributed by atoms with Crippen LogP contribution in [0.15, 0.2) is 34.5 Å². The van der Waals surface area contributed by atoms with Crippen LogP contribution in [0.25, 0.3) is 10.2 Å². The number of anilines is 1. The molecular formula is C21H22ClFN4O3S3. The van der Waals surface area contributed by atoms with Gasteiger partial charge < -0.3 is 9.80 Å². The minimum atomic E-state index is -3.78. The monoisotopic (exact) mass is 528 g/mol. The van der Waals surface area contributed by atoms with E-state index < -0.39 is 16.1 Å². The molecule has 2 aliphatic rings. The third kappa shape index (κ3) is 4.49. The fraction of sp³-hybridized carbons (Fsp3) is 0.429. The first kappa shape index (κ1) is 23.0. The molecule has 2 aliphatic heterocycles. The number of piperazine rings is 1. The van der Waals surface area contributed by atoms with Crippen LogP contribution < -0.4 is 4.90 Å². The van der Waals surface area contributed by atoms with E-state index in [4.69, 9.17) is 11.6 Å². The van der Waals surface area contributed by atoms with Crippen LogP contribution in [0.4, 0.5) is 9.52 Å². The molecule has 1 amide bonds. The van der Waals surface area contributed by atoms with Crippen LogP contribution in [0.5, 0.6) is 0 Å². The number of hydrogen-bond acceptors (Lipinski definition) is 7. The zero-order valence-corrected chi connectivity index (χ0v) is 20.8.